The molecule has 3 heterocycles. The van der Waals surface area contributed by atoms with Crippen LogP contribution in [0.25, 0.3) is 16.9 Å². The molecule has 3 aromatic rings. The van der Waals surface area contributed by atoms with E-state index in [4.69, 9.17) is 16.7 Å². The number of carbonyl (C=O) groups is 1. The summed E-state index contributed by atoms with van der Waals surface area (Å²) in [5.41, 5.74) is 4.15. The molecule has 1 saturated heterocycles. The van der Waals surface area contributed by atoms with Crippen molar-refractivity contribution in [3.63, 3.8) is 0 Å². The normalized spacial score (nSPS) is 16.6. The number of carbonyl (C=O) groups excluding carboxylic acids is 1. The molecular weight excluding hydrogens is 411 g/mol. The third kappa shape index (κ3) is 3.17. The van der Waals surface area contributed by atoms with E-state index in [1.54, 1.807) is 28.2 Å². The zero-order valence-corrected chi connectivity index (χ0v) is 17.6. The van der Waals surface area contributed by atoms with Gasteiger partial charge in [0.05, 0.1) is 16.4 Å². The number of halogens is 2. The Kier molecular flexibility index (Phi) is 4.69. The number of amides is 1. The monoisotopic (exact) mass is 430 g/mol. The van der Waals surface area contributed by atoms with Gasteiger partial charge in [0.1, 0.15) is 5.82 Å². The molecule has 8 heteroatoms. The fourth-order valence-electron chi connectivity index (χ4n) is 4.08. The summed E-state index contributed by atoms with van der Waals surface area (Å²) in [5.74, 6) is -0.499. The molecule has 0 N–H and O–H groups in total. The van der Waals surface area contributed by atoms with E-state index in [9.17, 15) is 9.18 Å². The molecule has 0 radical (unpaired) electrons. The maximum Gasteiger partial charge on any atom is 0.274 e. The third-order valence-electron chi connectivity index (χ3n) is 5.73. The Morgan fingerprint density at radius 3 is 2.72 bits per heavy atom. The predicted molar refractivity (Wildman–Crippen MR) is 113 cm³/mol. The lowest BCUT2D eigenvalue weighted by Crippen LogP contribution is -2.47. The minimum atomic E-state index is -0.471. The SMILES string of the molecule is CN1CCN(C(=O)c2nn(-c3ccc(F)c(Cl)c3)c3c2CCc2sccc2-3)CC1. The lowest BCUT2D eigenvalue weighted by Gasteiger charge is -2.32. The van der Waals surface area contributed by atoms with Crippen LogP contribution in [0.2, 0.25) is 5.02 Å². The Labute approximate surface area is 177 Å². The number of fused-ring (bicyclic) bond motifs is 3. The van der Waals surface area contributed by atoms with Crippen molar-refractivity contribution in [2.75, 3.05) is 33.2 Å². The van der Waals surface area contributed by atoms with Crippen molar-refractivity contribution in [1.82, 2.24) is 19.6 Å². The quantitative estimate of drug-likeness (QED) is 0.619. The van der Waals surface area contributed by atoms with Gasteiger partial charge in [0.2, 0.25) is 0 Å². The van der Waals surface area contributed by atoms with Crippen molar-refractivity contribution >= 4 is 28.8 Å². The van der Waals surface area contributed by atoms with Gasteiger partial charge in [-0.1, -0.05) is 11.6 Å². The van der Waals surface area contributed by atoms with E-state index in [0.29, 0.717) is 24.5 Å². The fourth-order valence-corrected chi connectivity index (χ4v) is 5.14. The van der Waals surface area contributed by atoms with E-state index in [2.05, 4.69) is 23.4 Å². The molecule has 0 bridgehead atoms. The average Bonchev–Trinajstić information content (AvgIpc) is 3.34. The van der Waals surface area contributed by atoms with Gasteiger partial charge >= 0.3 is 0 Å². The molecule has 0 unspecified atom stereocenters. The largest absolute Gasteiger partial charge is 0.335 e. The topological polar surface area (TPSA) is 41.4 Å². The van der Waals surface area contributed by atoms with Gasteiger partial charge in [0.15, 0.2) is 5.69 Å². The molecule has 2 aromatic heterocycles. The van der Waals surface area contributed by atoms with Gasteiger partial charge in [0.25, 0.3) is 5.91 Å². The summed E-state index contributed by atoms with van der Waals surface area (Å²) >= 11 is 7.75. The first-order chi connectivity index (χ1) is 14.0. The van der Waals surface area contributed by atoms with Crippen LogP contribution in [0.1, 0.15) is 20.9 Å². The van der Waals surface area contributed by atoms with Gasteiger partial charge in [-0.25, -0.2) is 9.07 Å². The smallest absolute Gasteiger partial charge is 0.274 e. The van der Waals surface area contributed by atoms with Crippen LogP contribution >= 0.6 is 22.9 Å². The molecule has 1 aliphatic carbocycles. The summed E-state index contributed by atoms with van der Waals surface area (Å²) in [6.45, 7) is 3.11. The van der Waals surface area contributed by atoms with Crippen LogP contribution in [0.15, 0.2) is 29.6 Å². The van der Waals surface area contributed by atoms with Crippen molar-refractivity contribution in [2.45, 2.75) is 12.8 Å². The first-order valence-electron chi connectivity index (χ1n) is 9.65. The highest BCUT2D eigenvalue weighted by Crippen LogP contribution is 2.40. The van der Waals surface area contributed by atoms with Crippen LogP contribution < -0.4 is 0 Å². The zero-order chi connectivity index (χ0) is 20.1. The minimum Gasteiger partial charge on any atom is -0.335 e. The summed E-state index contributed by atoms with van der Waals surface area (Å²) < 4.78 is 15.5. The second-order valence-electron chi connectivity index (χ2n) is 7.54. The van der Waals surface area contributed by atoms with Crippen molar-refractivity contribution in [2.24, 2.45) is 0 Å². The molecule has 150 valence electrons. The maximum atomic E-state index is 13.7. The lowest BCUT2D eigenvalue weighted by molar-refractivity contribution is 0.0656. The molecule has 1 fully saturated rings. The number of aryl methyl sites for hydroxylation is 1. The number of likely N-dealkylation sites (N-methyl/N-ethyl adjacent to an activating group) is 1. The van der Waals surface area contributed by atoms with Gasteiger partial charge in [-0.05, 0) is 49.5 Å². The number of benzene rings is 1. The van der Waals surface area contributed by atoms with E-state index in [0.717, 1.165) is 42.8 Å². The molecular formula is C21H20ClFN4OS. The number of piperazine rings is 1. The Bertz CT molecular complexity index is 1100. The van der Waals surface area contributed by atoms with E-state index in [1.165, 1.54) is 10.9 Å². The predicted octanol–water partition coefficient (Wildman–Crippen LogP) is 3.88. The van der Waals surface area contributed by atoms with Crippen LogP contribution in [0, 0.1) is 5.82 Å². The van der Waals surface area contributed by atoms with E-state index in [-0.39, 0.29) is 10.9 Å². The van der Waals surface area contributed by atoms with Gasteiger partial charge in [-0.2, -0.15) is 5.10 Å². The first kappa shape index (κ1) is 18.8. The van der Waals surface area contributed by atoms with Crippen LogP contribution in [-0.2, 0) is 12.8 Å². The molecule has 5 rings (SSSR count). The summed E-state index contributed by atoms with van der Waals surface area (Å²) in [6.07, 6.45) is 1.67. The molecule has 0 spiro atoms. The van der Waals surface area contributed by atoms with Crippen LogP contribution in [-0.4, -0.2) is 58.7 Å². The number of aromatic nitrogens is 2. The highest BCUT2D eigenvalue weighted by Gasteiger charge is 2.32. The summed E-state index contributed by atoms with van der Waals surface area (Å²) in [4.78, 5) is 18.7. The van der Waals surface area contributed by atoms with Crippen LogP contribution in [0.5, 0.6) is 0 Å². The highest BCUT2D eigenvalue weighted by atomic mass is 35.5. The van der Waals surface area contributed by atoms with Crippen molar-refractivity contribution in [3.05, 3.63) is 56.6 Å². The number of nitrogens with zero attached hydrogens (tertiary/aromatic N) is 4. The number of hydrogen-bond donors (Lipinski definition) is 0. The Hall–Kier alpha value is -2.22. The Balaban J connectivity index is 1.64. The van der Waals surface area contributed by atoms with E-state index >= 15 is 0 Å². The molecule has 2 aliphatic rings. The molecule has 1 aromatic carbocycles. The molecule has 1 amide bonds. The van der Waals surface area contributed by atoms with Gasteiger partial charge in [-0.15, -0.1) is 11.3 Å². The van der Waals surface area contributed by atoms with Crippen molar-refractivity contribution in [1.29, 1.82) is 0 Å². The fraction of sp³-hybridized carbons (Fsp3) is 0.333. The minimum absolute atomic E-state index is 0.0278. The second kappa shape index (κ2) is 7.23. The summed E-state index contributed by atoms with van der Waals surface area (Å²) in [6, 6.07) is 6.63. The first-order valence-corrected chi connectivity index (χ1v) is 10.9. The molecule has 1 aliphatic heterocycles. The number of thiophene rings is 1. The van der Waals surface area contributed by atoms with E-state index in [1.807, 2.05) is 4.90 Å². The molecule has 29 heavy (non-hydrogen) atoms. The van der Waals surface area contributed by atoms with Crippen LogP contribution in [0.4, 0.5) is 4.39 Å². The second-order valence-corrected chi connectivity index (χ2v) is 8.95. The molecule has 0 atom stereocenters. The molecule has 5 nitrogen and oxygen atoms in total. The Morgan fingerprint density at radius 1 is 1.17 bits per heavy atom. The Morgan fingerprint density at radius 2 is 1.97 bits per heavy atom. The lowest BCUT2D eigenvalue weighted by atomic mass is 9.94. The van der Waals surface area contributed by atoms with Crippen molar-refractivity contribution < 1.29 is 9.18 Å². The average molecular weight is 431 g/mol. The number of hydrogen-bond acceptors (Lipinski definition) is 4. The summed E-state index contributed by atoms with van der Waals surface area (Å²) in [7, 11) is 2.06. The van der Waals surface area contributed by atoms with Crippen LogP contribution in [0.3, 0.4) is 0 Å². The standard InChI is InChI=1S/C21H20ClFN4OS/c1-25-7-9-26(10-8-25)21(28)19-15-3-5-18-14(6-11-29-18)20(15)27(24-19)13-2-4-17(23)16(22)12-13/h2,4,6,11-12H,3,5,7-10H2,1H3. The van der Waals surface area contributed by atoms with Crippen molar-refractivity contribution in [3.8, 4) is 16.9 Å². The highest BCUT2D eigenvalue weighted by molar-refractivity contribution is 7.10. The third-order valence-corrected chi connectivity index (χ3v) is 7.00. The van der Waals surface area contributed by atoms with Gasteiger partial charge in [-0.3, -0.25) is 4.79 Å². The van der Waals surface area contributed by atoms with E-state index < -0.39 is 5.82 Å². The van der Waals surface area contributed by atoms with Gasteiger partial charge in [0, 0.05) is 42.2 Å². The zero-order valence-electron chi connectivity index (χ0n) is 16.0. The molecule has 0 saturated carbocycles. The summed E-state index contributed by atoms with van der Waals surface area (Å²) in [5, 5.41) is 6.85. The van der Waals surface area contributed by atoms with Gasteiger partial charge < -0.3 is 9.80 Å². The number of rotatable bonds is 2. The maximum absolute atomic E-state index is 13.7.